The molecule has 0 amide bonds. The SMILES string of the molecule is CN=C(NCC(C)SC)N1CCC(Oc2ccccn2)C1. The smallest absolute Gasteiger partial charge is 0.213 e. The van der Waals surface area contributed by atoms with E-state index in [4.69, 9.17) is 4.74 Å². The summed E-state index contributed by atoms with van der Waals surface area (Å²) < 4.78 is 5.91. The molecule has 2 atom stereocenters. The number of ether oxygens (including phenoxy) is 1. The van der Waals surface area contributed by atoms with Gasteiger partial charge in [-0.05, 0) is 12.3 Å². The molecule has 0 aromatic carbocycles. The Bertz CT molecular complexity index is 454. The Morgan fingerprint density at radius 1 is 1.62 bits per heavy atom. The van der Waals surface area contributed by atoms with Gasteiger partial charge in [-0.1, -0.05) is 13.0 Å². The summed E-state index contributed by atoms with van der Waals surface area (Å²) in [5.74, 6) is 1.66. The monoisotopic (exact) mass is 308 g/mol. The first-order valence-electron chi connectivity index (χ1n) is 7.29. The number of likely N-dealkylation sites (tertiary alicyclic amines) is 1. The molecule has 0 saturated carbocycles. The van der Waals surface area contributed by atoms with Gasteiger partial charge < -0.3 is 15.0 Å². The summed E-state index contributed by atoms with van der Waals surface area (Å²) >= 11 is 1.85. The number of hydrogen-bond acceptors (Lipinski definition) is 4. The Morgan fingerprint density at radius 3 is 3.14 bits per heavy atom. The minimum absolute atomic E-state index is 0.177. The zero-order valence-corrected chi connectivity index (χ0v) is 13.8. The van der Waals surface area contributed by atoms with E-state index in [1.54, 1.807) is 6.20 Å². The molecule has 116 valence electrons. The lowest BCUT2D eigenvalue weighted by Crippen LogP contribution is -2.42. The van der Waals surface area contributed by atoms with Crippen LogP contribution in [0.3, 0.4) is 0 Å². The summed E-state index contributed by atoms with van der Waals surface area (Å²) in [4.78, 5) is 10.8. The lowest BCUT2D eigenvalue weighted by atomic mass is 10.3. The van der Waals surface area contributed by atoms with Gasteiger partial charge >= 0.3 is 0 Å². The number of aromatic nitrogens is 1. The molecule has 6 heteroatoms. The van der Waals surface area contributed by atoms with E-state index in [1.807, 2.05) is 37.0 Å². The van der Waals surface area contributed by atoms with Crippen LogP contribution in [0.4, 0.5) is 0 Å². The number of hydrogen-bond donors (Lipinski definition) is 1. The maximum absolute atomic E-state index is 5.91. The second-order valence-corrected chi connectivity index (χ2v) is 6.39. The maximum atomic E-state index is 5.91. The van der Waals surface area contributed by atoms with Gasteiger partial charge in [-0.15, -0.1) is 0 Å². The van der Waals surface area contributed by atoms with Crippen molar-refractivity contribution in [3.63, 3.8) is 0 Å². The van der Waals surface area contributed by atoms with Gasteiger partial charge in [-0.2, -0.15) is 11.8 Å². The van der Waals surface area contributed by atoms with E-state index in [0.29, 0.717) is 11.1 Å². The molecular weight excluding hydrogens is 284 g/mol. The second kappa shape index (κ2) is 8.12. The van der Waals surface area contributed by atoms with E-state index in [1.165, 1.54) is 0 Å². The molecule has 2 heterocycles. The van der Waals surface area contributed by atoms with E-state index >= 15 is 0 Å². The molecule has 0 aliphatic carbocycles. The number of guanidine groups is 1. The van der Waals surface area contributed by atoms with Crippen LogP contribution in [0, 0.1) is 0 Å². The van der Waals surface area contributed by atoms with Gasteiger partial charge in [0.05, 0.1) is 6.54 Å². The molecule has 0 bridgehead atoms. The van der Waals surface area contributed by atoms with Gasteiger partial charge in [-0.3, -0.25) is 4.99 Å². The number of aliphatic imine (C=N–C) groups is 1. The molecule has 1 fully saturated rings. The molecule has 1 aromatic heterocycles. The molecule has 21 heavy (non-hydrogen) atoms. The highest BCUT2D eigenvalue weighted by Crippen LogP contribution is 2.16. The van der Waals surface area contributed by atoms with E-state index in [0.717, 1.165) is 32.0 Å². The van der Waals surface area contributed by atoms with Crippen LogP contribution in [0.15, 0.2) is 29.4 Å². The van der Waals surface area contributed by atoms with E-state index < -0.39 is 0 Å². The maximum Gasteiger partial charge on any atom is 0.213 e. The van der Waals surface area contributed by atoms with Crippen molar-refractivity contribution in [2.75, 3.05) is 32.9 Å². The van der Waals surface area contributed by atoms with Gasteiger partial charge in [0.15, 0.2) is 5.96 Å². The molecule has 1 aromatic rings. The van der Waals surface area contributed by atoms with Crippen LogP contribution < -0.4 is 10.1 Å². The van der Waals surface area contributed by atoms with Crippen molar-refractivity contribution in [2.24, 2.45) is 4.99 Å². The predicted octanol–water partition coefficient (Wildman–Crippen LogP) is 1.86. The largest absolute Gasteiger partial charge is 0.472 e. The first-order chi connectivity index (χ1) is 10.2. The number of rotatable bonds is 5. The van der Waals surface area contributed by atoms with Crippen molar-refractivity contribution in [3.05, 3.63) is 24.4 Å². The Morgan fingerprint density at radius 2 is 2.48 bits per heavy atom. The van der Waals surface area contributed by atoms with Crippen LogP contribution >= 0.6 is 11.8 Å². The number of thioether (sulfide) groups is 1. The first-order valence-corrected chi connectivity index (χ1v) is 8.57. The van der Waals surface area contributed by atoms with Crippen LogP contribution in [0.2, 0.25) is 0 Å². The van der Waals surface area contributed by atoms with Crippen molar-refractivity contribution in [1.82, 2.24) is 15.2 Å². The molecule has 1 aliphatic rings. The Labute approximate surface area is 131 Å². The molecule has 1 N–H and O–H groups in total. The average molecular weight is 308 g/mol. The summed E-state index contributed by atoms with van der Waals surface area (Å²) in [5.41, 5.74) is 0. The molecule has 1 aliphatic heterocycles. The fraction of sp³-hybridized carbons (Fsp3) is 0.600. The molecule has 1 saturated heterocycles. The second-order valence-electron chi connectivity index (χ2n) is 5.12. The van der Waals surface area contributed by atoms with Crippen LogP contribution in [0.25, 0.3) is 0 Å². The first kappa shape index (κ1) is 15.9. The highest BCUT2D eigenvalue weighted by molar-refractivity contribution is 7.99. The number of nitrogens with zero attached hydrogens (tertiary/aromatic N) is 3. The molecule has 5 nitrogen and oxygen atoms in total. The highest BCUT2D eigenvalue weighted by atomic mass is 32.2. The summed E-state index contributed by atoms with van der Waals surface area (Å²) in [5, 5.41) is 4.00. The van der Waals surface area contributed by atoms with Crippen molar-refractivity contribution >= 4 is 17.7 Å². The third-order valence-electron chi connectivity index (χ3n) is 3.53. The number of pyridine rings is 1. The van der Waals surface area contributed by atoms with Crippen molar-refractivity contribution in [3.8, 4) is 5.88 Å². The van der Waals surface area contributed by atoms with Gasteiger partial charge in [0.2, 0.25) is 5.88 Å². The highest BCUT2D eigenvalue weighted by Gasteiger charge is 2.26. The Balaban J connectivity index is 1.83. The van der Waals surface area contributed by atoms with Crippen LogP contribution in [-0.4, -0.2) is 60.1 Å². The predicted molar refractivity (Wildman–Crippen MR) is 89.2 cm³/mol. The summed E-state index contributed by atoms with van der Waals surface area (Å²) in [6, 6.07) is 5.74. The zero-order chi connectivity index (χ0) is 15.1. The lowest BCUT2D eigenvalue weighted by Gasteiger charge is -2.22. The lowest BCUT2D eigenvalue weighted by molar-refractivity contribution is 0.205. The zero-order valence-electron chi connectivity index (χ0n) is 13.0. The van der Waals surface area contributed by atoms with Crippen molar-refractivity contribution in [2.45, 2.75) is 24.7 Å². The summed E-state index contributed by atoms with van der Waals surface area (Å²) in [6.45, 7) is 4.95. The van der Waals surface area contributed by atoms with E-state index in [9.17, 15) is 0 Å². The minimum atomic E-state index is 0.177. The standard InChI is InChI=1S/C15H24N4OS/c1-12(21-3)10-18-15(16-2)19-9-7-13(11-19)20-14-6-4-5-8-17-14/h4-6,8,12-13H,7,9-11H2,1-3H3,(H,16,18). The average Bonchev–Trinajstić information content (AvgIpc) is 2.97. The Hall–Kier alpha value is -1.43. The van der Waals surface area contributed by atoms with Gasteiger partial charge in [0.1, 0.15) is 6.10 Å². The molecule has 0 radical (unpaired) electrons. The van der Waals surface area contributed by atoms with E-state index in [2.05, 4.69) is 33.4 Å². The Kier molecular flexibility index (Phi) is 6.17. The third kappa shape index (κ3) is 4.81. The van der Waals surface area contributed by atoms with Crippen LogP contribution in [0.5, 0.6) is 5.88 Å². The minimum Gasteiger partial charge on any atom is -0.472 e. The fourth-order valence-corrected chi connectivity index (χ4v) is 2.50. The molecule has 2 rings (SSSR count). The summed E-state index contributed by atoms with van der Waals surface area (Å²) in [7, 11) is 1.83. The topological polar surface area (TPSA) is 49.8 Å². The summed E-state index contributed by atoms with van der Waals surface area (Å²) in [6.07, 6.45) is 5.06. The van der Waals surface area contributed by atoms with Crippen molar-refractivity contribution < 1.29 is 4.74 Å². The quantitative estimate of drug-likeness (QED) is 0.665. The van der Waals surface area contributed by atoms with Gasteiger partial charge in [0.25, 0.3) is 0 Å². The normalized spacial score (nSPS) is 20.4. The van der Waals surface area contributed by atoms with Gasteiger partial charge in [-0.25, -0.2) is 4.98 Å². The molecule has 0 spiro atoms. The van der Waals surface area contributed by atoms with Crippen molar-refractivity contribution in [1.29, 1.82) is 0 Å². The molecular formula is C15H24N4OS. The van der Waals surface area contributed by atoms with E-state index in [-0.39, 0.29) is 6.10 Å². The molecule has 2 unspecified atom stereocenters. The van der Waals surface area contributed by atoms with Crippen LogP contribution in [0.1, 0.15) is 13.3 Å². The van der Waals surface area contributed by atoms with Crippen LogP contribution in [-0.2, 0) is 0 Å². The number of nitrogens with one attached hydrogen (secondary N) is 1. The van der Waals surface area contributed by atoms with Gasteiger partial charge in [0, 0.05) is 44.1 Å². The third-order valence-corrected chi connectivity index (χ3v) is 4.50. The fourth-order valence-electron chi connectivity index (χ4n) is 2.25.